The summed E-state index contributed by atoms with van der Waals surface area (Å²) in [7, 11) is 0. The number of ketones is 1. The molecule has 3 heterocycles. The normalized spacial score (nSPS) is 12.6. The molecule has 55 heavy (non-hydrogen) atoms. The van der Waals surface area contributed by atoms with Gasteiger partial charge in [-0.05, 0) is 72.9 Å². The second-order valence-corrected chi connectivity index (χ2v) is 17.9. The Labute approximate surface area is 347 Å². The molecule has 0 atom stereocenters. The number of thiophene rings is 1. The molecule has 0 spiro atoms. The molecule has 1 radical (unpaired) electrons. The summed E-state index contributed by atoms with van der Waals surface area (Å²) in [5.74, 6) is 0.900. The van der Waals surface area contributed by atoms with E-state index in [1.807, 2.05) is 59.1 Å². The third-order valence-corrected chi connectivity index (χ3v) is 12.8. The number of hydrogen-bond acceptors (Lipinski definition) is 5. The first-order valence-corrected chi connectivity index (χ1v) is 20.7. The number of aryl methyl sites for hydroxylation is 1. The number of benzene rings is 3. The van der Waals surface area contributed by atoms with Crippen molar-refractivity contribution in [2.75, 3.05) is 0 Å². The van der Waals surface area contributed by atoms with E-state index < -0.39 is 0 Å². The second-order valence-electron chi connectivity index (χ2n) is 17.0. The van der Waals surface area contributed by atoms with Gasteiger partial charge in [0.1, 0.15) is 11.3 Å². The second kappa shape index (κ2) is 17.7. The quantitative estimate of drug-likeness (QED) is 0.0799. The predicted molar refractivity (Wildman–Crippen MR) is 232 cm³/mol. The minimum absolute atomic E-state index is 0. The molecule has 1 N–H and O–H groups in total. The molecule has 0 saturated heterocycles. The van der Waals surface area contributed by atoms with Gasteiger partial charge in [-0.25, -0.2) is 0 Å². The van der Waals surface area contributed by atoms with E-state index in [1.165, 1.54) is 38.2 Å². The van der Waals surface area contributed by atoms with Gasteiger partial charge in [-0.3, -0.25) is 9.78 Å². The third kappa shape index (κ3) is 9.19. The molecule has 0 unspecified atom stereocenters. The van der Waals surface area contributed by atoms with Crippen LogP contribution in [0.3, 0.4) is 0 Å². The van der Waals surface area contributed by atoms with E-state index in [4.69, 9.17) is 9.40 Å². The first-order chi connectivity index (χ1) is 25.5. The maximum absolute atomic E-state index is 12.2. The van der Waals surface area contributed by atoms with E-state index in [9.17, 15) is 9.90 Å². The van der Waals surface area contributed by atoms with Crippen molar-refractivity contribution in [3.63, 3.8) is 0 Å². The topological polar surface area (TPSA) is 63.3 Å². The summed E-state index contributed by atoms with van der Waals surface area (Å²) >= 11 is 1.83. The van der Waals surface area contributed by atoms with E-state index >= 15 is 0 Å². The Morgan fingerprint density at radius 1 is 0.891 bits per heavy atom. The fraction of sp³-hybridized carbons (Fsp3) is 0.429. The number of aliphatic hydroxyl groups excluding tert-OH is 1. The van der Waals surface area contributed by atoms with Gasteiger partial charge in [0.25, 0.3) is 0 Å². The number of aliphatic hydroxyl groups is 1. The average molecular weight is 935 g/mol. The summed E-state index contributed by atoms with van der Waals surface area (Å²) in [5, 5.41) is 16.0. The minimum Gasteiger partial charge on any atom is -0.512 e. The van der Waals surface area contributed by atoms with Crippen LogP contribution in [0.5, 0.6) is 0 Å². The number of pyridine rings is 1. The molecule has 0 aliphatic heterocycles. The zero-order chi connectivity index (χ0) is 39.6. The van der Waals surface area contributed by atoms with Gasteiger partial charge in [-0.15, -0.1) is 40.5 Å². The van der Waals surface area contributed by atoms with Crippen LogP contribution in [-0.2, 0) is 36.7 Å². The first-order valence-electron chi connectivity index (χ1n) is 19.8. The van der Waals surface area contributed by atoms with E-state index in [2.05, 4.69) is 108 Å². The van der Waals surface area contributed by atoms with Gasteiger partial charge in [0.05, 0.1) is 6.26 Å². The van der Waals surface area contributed by atoms with Gasteiger partial charge < -0.3 is 9.52 Å². The van der Waals surface area contributed by atoms with Crippen molar-refractivity contribution in [1.29, 1.82) is 0 Å². The van der Waals surface area contributed by atoms with Crippen molar-refractivity contribution in [3.05, 3.63) is 101 Å². The Morgan fingerprint density at radius 2 is 1.55 bits per heavy atom. The molecular formula is C49H60IrNO3S-. The summed E-state index contributed by atoms with van der Waals surface area (Å²) in [6.45, 7) is 25.5. The zero-order valence-electron chi connectivity index (χ0n) is 35.0. The Morgan fingerprint density at radius 3 is 2.16 bits per heavy atom. The molecule has 0 fully saturated rings. The van der Waals surface area contributed by atoms with Gasteiger partial charge >= 0.3 is 0 Å². The molecule has 0 aliphatic carbocycles. The number of rotatable bonds is 11. The monoisotopic (exact) mass is 935 g/mol. The maximum atomic E-state index is 12.2. The molecule has 6 rings (SSSR count). The van der Waals surface area contributed by atoms with Crippen LogP contribution in [0.4, 0.5) is 0 Å². The van der Waals surface area contributed by atoms with Crippen LogP contribution in [-0.4, -0.2) is 15.9 Å². The van der Waals surface area contributed by atoms with E-state index in [-0.39, 0.29) is 47.9 Å². The average Bonchev–Trinajstić information content (AvgIpc) is 3.80. The number of hydrogen-bond donors (Lipinski definition) is 1. The van der Waals surface area contributed by atoms with Crippen molar-refractivity contribution in [3.8, 4) is 22.4 Å². The van der Waals surface area contributed by atoms with Crippen molar-refractivity contribution in [1.82, 2.24) is 4.98 Å². The van der Waals surface area contributed by atoms with Gasteiger partial charge in [0, 0.05) is 63.9 Å². The smallest absolute Gasteiger partial charge is 0.164 e. The third-order valence-electron chi connectivity index (χ3n) is 11.8. The largest absolute Gasteiger partial charge is 0.512 e. The molecule has 0 amide bonds. The Balaban J connectivity index is 0.000000320. The first kappa shape index (κ1) is 44.1. The standard InChI is InChI=1S/C34H32NOS.C15H28O2.Ir/c1-20(2)15-23-11-12-26(27-13-14-37-33(23)27)28-18-30(35-31-21(3)19-36-32(28)31)24-16-22-9-7-8-10-25(22)29(17-24)34(4,5)6;1-7-14(5,8-2)12(16)11-13(17)15(6,9-3)10-4;/h7-14,17-20H,15H2,1-6H3;11,16H,7-10H2,1-6H3;/q-1;;/b;12-11-;. The van der Waals surface area contributed by atoms with E-state index in [0.717, 1.165) is 71.0 Å². The maximum Gasteiger partial charge on any atom is 0.164 e. The molecule has 295 valence electrons. The van der Waals surface area contributed by atoms with Gasteiger partial charge in [0.15, 0.2) is 11.4 Å². The van der Waals surface area contributed by atoms with Crippen LogP contribution in [0.15, 0.2) is 82.5 Å². The molecular weight excluding hydrogens is 875 g/mol. The zero-order valence-corrected chi connectivity index (χ0v) is 38.2. The van der Waals surface area contributed by atoms with Crippen molar-refractivity contribution in [2.24, 2.45) is 16.7 Å². The van der Waals surface area contributed by atoms with E-state index in [1.54, 1.807) is 0 Å². The molecule has 4 nitrogen and oxygen atoms in total. The number of carbonyl (C=O) groups is 1. The number of aromatic nitrogens is 1. The number of furan rings is 1. The van der Waals surface area contributed by atoms with Crippen molar-refractivity contribution in [2.45, 2.75) is 121 Å². The van der Waals surface area contributed by atoms with Crippen molar-refractivity contribution >= 4 is 49.1 Å². The summed E-state index contributed by atoms with van der Waals surface area (Å²) in [4.78, 5) is 17.3. The summed E-state index contributed by atoms with van der Waals surface area (Å²) < 4.78 is 7.49. The van der Waals surface area contributed by atoms with Gasteiger partial charge in [0.2, 0.25) is 0 Å². The predicted octanol–water partition coefficient (Wildman–Crippen LogP) is 14.8. The molecule has 3 aromatic carbocycles. The SMILES string of the molecule is CCC(C)(CC)C(=O)/C=C(\O)C(C)(CC)CC.Cc1coc2c(-c3ccc(CC(C)C)c4sccc34)cc(-c3[c-]c4ccccc4c(C(C)(C)C)c3)nc12.[Ir]. The fourth-order valence-corrected chi connectivity index (χ4v) is 8.04. The molecule has 0 bridgehead atoms. The fourth-order valence-electron chi connectivity index (χ4n) is 7.09. The van der Waals surface area contributed by atoms with Crippen molar-refractivity contribution < 1.29 is 34.4 Å². The summed E-state index contributed by atoms with van der Waals surface area (Å²) in [6, 6.07) is 23.5. The molecule has 0 saturated carbocycles. The summed E-state index contributed by atoms with van der Waals surface area (Å²) in [6.07, 6.45) is 7.66. The number of nitrogens with zero attached hydrogens (tertiary/aromatic N) is 1. The Hall–Kier alpha value is -3.57. The summed E-state index contributed by atoms with van der Waals surface area (Å²) in [5.41, 5.74) is 9.17. The van der Waals surface area contributed by atoms with Gasteiger partial charge in [-0.1, -0.05) is 124 Å². The minimum atomic E-state index is -0.337. The van der Waals surface area contributed by atoms with Crippen LogP contribution in [0.25, 0.3) is 54.3 Å². The van der Waals surface area contributed by atoms with Crippen LogP contribution >= 0.6 is 11.3 Å². The molecule has 6 heteroatoms. The van der Waals surface area contributed by atoms with Crippen LogP contribution in [0, 0.1) is 29.7 Å². The van der Waals surface area contributed by atoms with E-state index in [0.29, 0.717) is 5.92 Å². The molecule has 0 aliphatic rings. The molecule has 3 aromatic heterocycles. The van der Waals surface area contributed by atoms with Crippen LogP contribution < -0.4 is 0 Å². The Kier molecular flexibility index (Phi) is 14.2. The number of allylic oxidation sites excluding steroid dienone is 2. The number of fused-ring (bicyclic) bond motifs is 3. The van der Waals surface area contributed by atoms with Crippen LogP contribution in [0.2, 0.25) is 0 Å². The van der Waals surface area contributed by atoms with Crippen LogP contribution in [0.1, 0.15) is 119 Å². The number of carbonyl (C=O) groups excluding carboxylic acids is 1. The Bertz CT molecular complexity index is 2290. The van der Waals surface area contributed by atoms with Gasteiger partial charge in [-0.2, -0.15) is 0 Å². The molecule has 6 aromatic rings.